The van der Waals surface area contributed by atoms with Crippen molar-refractivity contribution in [1.29, 1.82) is 0 Å². The quantitative estimate of drug-likeness (QED) is 0.840. The summed E-state index contributed by atoms with van der Waals surface area (Å²) < 4.78 is 2.33. The molecule has 1 fully saturated rings. The Morgan fingerprint density at radius 1 is 1.36 bits per heavy atom. The summed E-state index contributed by atoms with van der Waals surface area (Å²) in [7, 11) is 1.96. The lowest BCUT2D eigenvalue weighted by molar-refractivity contribution is 0.130. The third-order valence-electron chi connectivity index (χ3n) is 4.56. The smallest absolute Gasteiger partial charge is 0.123 e. The van der Waals surface area contributed by atoms with E-state index in [1.807, 2.05) is 19.2 Å². The largest absolute Gasteiger partial charge is 0.327 e. The van der Waals surface area contributed by atoms with E-state index < -0.39 is 0 Å². The summed E-state index contributed by atoms with van der Waals surface area (Å²) in [6.45, 7) is 16.6. The molecule has 0 amide bonds. The van der Waals surface area contributed by atoms with Gasteiger partial charge in [0.1, 0.15) is 5.82 Å². The van der Waals surface area contributed by atoms with Gasteiger partial charge >= 0.3 is 0 Å². The fraction of sp³-hybridized carbons (Fsp3) is 0.611. The first-order chi connectivity index (χ1) is 10.6. The van der Waals surface area contributed by atoms with Gasteiger partial charge in [0, 0.05) is 19.1 Å². The molecule has 0 aromatic carbocycles. The normalized spacial score (nSPS) is 19.5. The summed E-state index contributed by atoms with van der Waals surface area (Å²) in [6.07, 6.45) is 6.32. The molecule has 4 nitrogen and oxygen atoms in total. The molecular formula is C18H30N4. The Bertz CT molecular complexity index is 515. The molecule has 1 saturated heterocycles. The summed E-state index contributed by atoms with van der Waals surface area (Å²) >= 11 is 0. The van der Waals surface area contributed by atoms with E-state index in [1.165, 1.54) is 25.9 Å². The molecule has 2 heterocycles. The van der Waals surface area contributed by atoms with Crippen LogP contribution in [0, 0.1) is 5.92 Å². The molecule has 0 spiro atoms. The van der Waals surface area contributed by atoms with Crippen LogP contribution in [0.1, 0.15) is 43.9 Å². The Balaban J connectivity index is 2.21. The molecule has 2 rings (SSSR count). The van der Waals surface area contributed by atoms with Crippen molar-refractivity contribution in [1.82, 2.24) is 19.8 Å². The van der Waals surface area contributed by atoms with E-state index in [-0.39, 0.29) is 0 Å². The maximum absolute atomic E-state index is 4.71. The Hall–Kier alpha value is -1.39. The molecule has 0 saturated carbocycles. The van der Waals surface area contributed by atoms with Crippen LogP contribution in [0.4, 0.5) is 0 Å². The second kappa shape index (κ2) is 7.75. The second-order valence-electron chi connectivity index (χ2n) is 6.44. The van der Waals surface area contributed by atoms with Gasteiger partial charge < -0.3 is 14.8 Å². The molecule has 1 aliphatic heterocycles. The fourth-order valence-corrected chi connectivity index (χ4v) is 3.37. The lowest BCUT2D eigenvalue weighted by Gasteiger charge is -2.36. The minimum atomic E-state index is 0.630. The molecular weight excluding hydrogens is 272 g/mol. The SMILES string of the molecule is C=Cc1nc(CNC)n(CC2CCCN(C(C)C)C2)c1C=C. The number of hydrogen-bond acceptors (Lipinski definition) is 3. The van der Waals surface area contributed by atoms with E-state index in [2.05, 4.69) is 41.8 Å². The van der Waals surface area contributed by atoms with Gasteiger partial charge in [0.15, 0.2) is 0 Å². The van der Waals surface area contributed by atoms with Gasteiger partial charge in [0.2, 0.25) is 0 Å². The first-order valence-electron chi connectivity index (χ1n) is 8.33. The van der Waals surface area contributed by atoms with E-state index in [0.29, 0.717) is 12.0 Å². The first kappa shape index (κ1) is 17.0. The molecule has 0 aliphatic carbocycles. The zero-order valence-corrected chi connectivity index (χ0v) is 14.3. The molecule has 1 aromatic heterocycles. The van der Waals surface area contributed by atoms with Gasteiger partial charge in [0.25, 0.3) is 0 Å². The van der Waals surface area contributed by atoms with Gasteiger partial charge in [-0.25, -0.2) is 4.98 Å². The Labute approximate surface area is 134 Å². The molecule has 0 radical (unpaired) electrons. The van der Waals surface area contributed by atoms with Gasteiger partial charge in [-0.05, 0) is 58.4 Å². The van der Waals surface area contributed by atoms with E-state index in [0.717, 1.165) is 30.3 Å². The number of rotatable bonds is 7. The number of nitrogens with one attached hydrogen (secondary N) is 1. The van der Waals surface area contributed by atoms with E-state index in [9.17, 15) is 0 Å². The maximum atomic E-state index is 4.71. The number of piperidine rings is 1. The van der Waals surface area contributed by atoms with Crippen molar-refractivity contribution < 1.29 is 0 Å². The minimum Gasteiger partial charge on any atom is -0.327 e. The molecule has 4 heteroatoms. The summed E-state index contributed by atoms with van der Waals surface area (Å²) in [5.41, 5.74) is 2.04. The molecule has 1 aliphatic rings. The van der Waals surface area contributed by atoms with Crippen LogP contribution in [0.15, 0.2) is 13.2 Å². The van der Waals surface area contributed by atoms with Crippen LogP contribution in [0.5, 0.6) is 0 Å². The lowest BCUT2D eigenvalue weighted by atomic mass is 9.96. The predicted octanol–water partition coefficient (Wildman–Crippen LogP) is 3.01. The molecule has 1 N–H and O–H groups in total. The first-order valence-corrected chi connectivity index (χ1v) is 8.33. The number of aromatic nitrogens is 2. The summed E-state index contributed by atoms with van der Waals surface area (Å²) in [6, 6.07) is 0.630. The Kier molecular flexibility index (Phi) is 5.98. The van der Waals surface area contributed by atoms with Crippen molar-refractivity contribution in [2.24, 2.45) is 5.92 Å². The highest BCUT2D eigenvalue weighted by molar-refractivity contribution is 5.58. The highest BCUT2D eigenvalue weighted by Gasteiger charge is 2.24. The van der Waals surface area contributed by atoms with Gasteiger partial charge in [-0.2, -0.15) is 0 Å². The van der Waals surface area contributed by atoms with Crippen molar-refractivity contribution in [2.45, 2.75) is 45.8 Å². The highest BCUT2D eigenvalue weighted by atomic mass is 15.2. The maximum Gasteiger partial charge on any atom is 0.123 e. The average molecular weight is 302 g/mol. The monoisotopic (exact) mass is 302 g/mol. The van der Waals surface area contributed by atoms with Crippen LogP contribution in [-0.4, -0.2) is 40.6 Å². The summed E-state index contributed by atoms with van der Waals surface area (Å²) in [4.78, 5) is 7.29. The molecule has 0 bridgehead atoms. The minimum absolute atomic E-state index is 0.630. The van der Waals surface area contributed by atoms with E-state index >= 15 is 0 Å². The van der Waals surface area contributed by atoms with Crippen molar-refractivity contribution >= 4 is 12.2 Å². The summed E-state index contributed by atoms with van der Waals surface area (Å²) in [5.74, 6) is 1.76. The molecule has 1 unspecified atom stereocenters. The zero-order chi connectivity index (χ0) is 16.1. The number of likely N-dealkylation sites (tertiary alicyclic amines) is 1. The molecule has 22 heavy (non-hydrogen) atoms. The summed E-state index contributed by atoms with van der Waals surface area (Å²) in [5, 5.41) is 3.22. The standard InChI is InChI=1S/C18H30N4/c1-6-16-17(7-2)22(18(20-16)11-19-5)13-15-9-8-10-21(12-15)14(3)4/h6-7,14-15,19H,1-2,8-13H2,3-5H3. The van der Waals surface area contributed by atoms with Crippen LogP contribution in [0.3, 0.4) is 0 Å². The molecule has 1 aromatic rings. The lowest BCUT2D eigenvalue weighted by Crippen LogP contribution is -2.41. The van der Waals surface area contributed by atoms with Gasteiger partial charge in [-0.15, -0.1) is 0 Å². The van der Waals surface area contributed by atoms with Crippen LogP contribution >= 0.6 is 0 Å². The third kappa shape index (κ3) is 3.68. The number of imidazole rings is 1. The Morgan fingerprint density at radius 3 is 2.73 bits per heavy atom. The highest BCUT2D eigenvalue weighted by Crippen LogP contribution is 2.23. The Morgan fingerprint density at radius 2 is 2.14 bits per heavy atom. The van der Waals surface area contributed by atoms with Crippen molar-refractivity contribution in [3.05, 3.63) is 30.4 Å². The van der Waals surface area contributed by atoms with Gasteiger partial charge in [0.05, 0.1) is 17.9 Å². The van der Waals surface area contributed by atoms with Crippen LogP contribution in [0.2, 0.25) is 0 Å². The topological polar surface area (TPSA) is 33.1 Å². The number of hydrogen-bond donors (Lipinski definition) is 1. The van der Waals surface area contributed by atoms with Crippen molar-refractivity contribution in [2.75, 3.05) is 20.1 Å². The van der Waals surface area contributed by atoms with Crippen LogP contribution in [0.25, 0.3) is 12.2 Å². The molecule has 1 atom stereocenters. The third-order valence-corrected chi connectivity index (χ3v) is 4.56. The van der Waals surface area contributed by atoms with E-state index in [1.54, 1.807) is 0 Å². The van der Waals surface area contributed by atoms with Gasteiger partial charge in [-0.3, -0.25) is 0 Å². The number of nitrogens with zero attached hydrogens (tertiary/aromatic N) is 3. The average Bonchev–Trinajstić information content (AvgIpc) is 2.85. The van der Waals surface area contributed by atoms with Gasteiger partial charge in [-0.1, -0.05) is 13.2 Å². The van der Waals surface area contributed by atoms with Crippen LogP contribution < -0.4 is 5.32 Å². The van der Waals surface area contributed by atoms with Crippen LogP contribution in [-0.2, 0) is 13.1 Å². The second-order valence-corrected chi connectivity index (χ2v) is 6.44. The van der Waals surface area contributed by atoms with E-state index in [4.69, 9.17) is 4.98 Å². The van der Waals surface area contributed by atoms with Crippen molar-refractivity contribution in [3.8, 4) is 0 Å². The molecule has 122 valence electrons. The fourth-order valence-electron chi connectivity index (χ4n) is 3.37. The predicted molar refractivity (Wildman–Crippen MR) is 94.6 cm³/mol. The zero-order valence-electron chi connectivity index (χ0n) is 14.3. The van der Waals surface area contributed by atoms with Crippen molar-refractivity contribution in [3.63, 3.8) is 0 Å².